The van der Waals surface area contributed by atoms with Gasteiger partial charge in [-0.3, -0.25) is 4.90 Å². The van der Waals surface area contributed by atoms with Crippen LogP contribution in [0, 0.1) is 0 Å². The van der Waals surface area contributed by atoms with Gasteiger partial charge in [0.25, 0.3) is 0 Å². The second-order valence-electron chi connectivity index (χ2n) is 8.18. The third-order valence-corrected chi connectivity index (χ3v) is 6.96. The molecule has 1 aromatic heterocycles. The zero-order valence-corrected chi connectivity index (χ0v) is 19.9. The minimum Gasteiger partial charge on any atom is -0.385 e. The minimum atomic E-state index is 0. The molecule has 1 saturated heterocycles. The van der Waals surface area contributed by atoms with Crippen molar-refractivity contribution in [2.75, 3.05) is 45.7 Å². The summed E-state index contributed by atoms with van der Waals surface area (Å²) in [4.78, 5) is 15.0. The molecule has 0 saturated carbocycles. The molecule has 0 spiro atoms. The number of rotatable bonds is 5. The van der Waals surface area contributed by atoms with Crippen LogP contribution in [0.2, 0.25) is 0 Å². The van der Waals surface area contributed by atoms with Crippen LogP contribution in [0.5, 0.6) is 0 Å². The van der Waals surface area contributed by atoms with Crippen LogP contribution in [0.1, 0.15) is 43.3 Å². The maximum atomic E-state index is 5.27. The number of methoxy groups -OCH3 is 1. The summed E-state index contributed by atoms with van der Waals surface area (Å²) in [6.07, 6.45) is 2.21. The van der Waals surface area contributed by atoms with E-state index in [1.807, 2.05) is 6.07 Å². The maximum Gasteiger partial charge on any atom is 0.158 e. The monoisotopic (exact) mass is 449 g/mol. The van der Waals surface area contributed by atoms with Crippen LogP contribution < -0.4 is 5.32 Å². The Bertz CT molecular complexity index is 884. The predicted molar refractivity (Wildman–Crippen MR) is 128 cm³/mol. The van der Waals surface area contributed by atoms with E-state index in [9.17, 15) is 0 Å². The van der Waals surface area contributed by atoms with Gasteiger partial charge in [0.2, 0.25) is 0 Å². The second-order valence-corrected chi connectivity index (χ2v) is 9.21. The summed E-state index contributed by atoms with van der Waals surface area (Å²) >= 11 is 1.75. The van der Waals surface area contributed by atoms with E-state index in [1.54, 1.807) is 18.4 Å². The Balaban J connectivity index is 0.00000256. The molecule has 1 aromatic carbocycles. The van der Waals surface area contributed by atoms with Crippen molar-refractivity contribution in [2.45, 2.75) is 38.6 Å². The number of anilines is 2. The van der Waals surface area contributed by atoms with E-state index in [4.69, 9.17) is 14.7 Å². The lowest BCUT2D eigenvalue weighted by atomic mass is 10.1. The number of nitrogens with one attached hydrogen (secondary N) is 1. The average molecular weight is 450 g/mol. The van der Waals surface area contributed by atoms with Crippen molar-refractivity contribution in [2.24, 2.45) is 4.99 Å². The molecule has 1 atom stereocenters. The number of benzene rings is 1. The molecule has 1 fully saturated rings. The molecular weight excluding hydrogens is 418 g/mol. The van der Waals surface area contributed by atoms with Crippen molar-refractivity contribution in [3.8, 4) is 0 Å². The Morgan fingerprint density at radius 3 is 2.83 bits per heavy atom. The van der Waals surface area contributed by atoms with Crippen LogP contribution in [0.4, 0.5) is 16.4 Å². The molecule has 8 heteroatoms. The molecule has 164 valence electrons. The van der Waals surface area contributed by atoms with Crippen molar-refractivity contribution >= 4 is 46.0 Å². The van der Waals surface area contributed by atoms with Crippen LogP contribution in [0.15, 0.2) is 29.3 Å². The first-order valence-corrected chi connectivity index (χ1v) is 11.3. The minimum absolute atomic E-state index is 0. The van der Waals surface area contributed by atoms with Crippen LogP contribution in [0.3, 0.4) is 0 Å². The standard InChI is InChI=1S/C22H31N5OS.ClH/c1-15(2)21-25-19-20(23-17-9-5-6-10-18(17)24-22(19)29-21)27-12-11-26(3)16(14-27)8-7-13-28-4;/h5-6,9-10,15-16,24H,7-8,11-14H2,1-4H3;1H/t16-;/m0./s1. The largest absolute Gasteiger partial charge is 0.385 e. The number of fused-ring (bicyclic) bond motifs is 2. The number of thiazole rings is 1. The van der Waals surface area contributed by atoms with Crippen LogP contribution in [-0.4, -0.2) is 67.1 Å². The summed E-state index contributed by atoms with van der Waals surface area (Å²) in [5.41, 5.74) is 3.03. The third-order valence-electron chi connectivity index (χ3n) is 5.69. The van der Waals surface area contributed by atoms with Crippen LogP contribution >= 0.6 is 23.7 Å². The highest BCUT2D eigenvalue weighted by Gasteiger charge is 2.31. The Morgan fingerprint density at radius 2 is 2.07 bits per heavy atom. The average Bonchev–Trinajstić information content (AvgIpc) is 3.06. The van der Waals surface area contributed by atoms with Gasteiger partial charge in [0.1, 0.15) is 10.7 Å². The summed E-state index contributed by atoms with van der Waals surface area (Å²) in [6.45, 7) is 8.18. The summed E-state index contributed by atoms with van der Waals surface area (Å²) in [5, 5.41) is 5.85. The Hall–Kier alpha value is -1.67. The van der Waals surface area contributed by atoms with Gasteiger partial charge >= 0.3 is 0 Å². The SMILES string of the molecule is COCCC[C@H]1CN(C2=Nc3ccccc3Nc3sc(C(C)C)nc32)CCN1C.Cl. The summed E-state index contributed by atoms with van der Waals surface area (Å²) in [6, 6.07) is 8.77. The molecule has 0 bridgehead atoms. The summed E-state index contributed by atoms with van der Waals surface area (Å²) in [7, 11) is 4.00. The lowest BCUT2D eigenvalue weighted by molar-refractivity contribution is 0.119. The van der Waals surface area contributed by atoms with Gasteiger partial charge < -0.3 is 15.0 Å². The molecule has 2 aromatic rings. The zero-order valence-electron chi connectivity index (χ0n) is 18.2. The zero-order chi connectivity index (χ0) is 20.4. The number of halogens is 1. The molecule has 0 aliphatic carbocycles. The fourth-order valence-corrected chi connectivity index (χ4v) is 4.90. The fourth-order valence-electron chi connectivity index (χ4n) is 3.92. The molecule has 0 radical (unpaired) electrons. The highest BCUT2D eigenvalue weighted by molar-refractivity contribution is 7.16. The molecule has 0 unspecified atom stereocenters. The number of amidine groups is 1. The number of aromatic nitrogens is 1. The van der Waals surface area contributed by atoms with Crippen molar-refractivity contribution in [3.05, 3.63) is 35.0 Å². The number of hydrogen-bond acceptors (Lipinski definition) is 7. The lowest BCUT2D eigenvalue weighted by Crippen LogP contribution is -2.53. The van der Waals surface area contributed by atoms with Gasteiger partial charge in [-0.2, -0.15) is 0 Å². The molecule has 3 heterocycles. The lowest BCUT2D eigenvalue weighted by Gasteiger charge is -2.40. The fraction of sp³-hybridized carbons (Fsp3) is 0.545. The predicted octanol–water partition coefficient (Wildman–Crippen LogP) is 4.87. The third kappa shape index (κ3) is 4.80. The second kappa shape index (κ2) is 10.1. The van der Waals surface area contributed by atoms with E-state index in [1.165, 1.54) is 0 Å². The van der Waals surface area contributed by atoms with E-state index < -0.39 is 0 Å². The van der Waals surface area contributed by atoms with Gasteiger partial charge in [-0.25, -0.2) is 9.98 Å². The van der Waals surface area contributed by atoms with Crippen molar-refractivity contribution < 1.29 is 4.74 Å². The molecule has 4 rings (SSSR count). The van der Waals surface area contributed by atoms with Gasteiger partial charge in [0.05, 0.1) is 16.4 Å². The summed E-state index contributed by atoms with van der Waals surface area (Å²) in [5.74, 6) is 1.41. The molecule has 2 aliphatic rings. The highest BCUT2D eigenvalue weighted by atomic mass is 35.5. The van der Waals surface area contributed by atoms with Crippen molar-refractivity contribution in [1.82, 2.24) is 14.8 Å². The van der Waals surface area contributed by atoms with Crippen LogP contribution in [-0.2, 0) is 4.74 Å². The summed E-state index contributed by atoms with van der Waals surface area (Å²) < 4.78 is 5.27. The number of ether oxygens (including phenoxy) is 1. The molecule has 30 heavy (non-hydrogen) atoms. The quantitative estimate of drug-likeness (QED) is 0.660. The Labute approximate surface area is 189 Å². The number of nitrogens with zero attached hydrogens (tertiary/aromatic N) is 4. The first-order valence-electron chi connectivity index (χ1n) is 10.5. The number of aliphatic imine (C=N–C) groups is 1. The molecule has 1 N–H and O–H groups in total. The van der Waals surface area contributed by atoms with Gasteiger partial charge in [0, 0.05) is 45.3 Å². The number of hydrogen-bond donors (Lipinski definition) is 1. The van der Waals surface area contributed by atoms with Crippen molar-refractivity contribution in [3.63, 3.8) is 0 Å². The first kappa shape index (κ1) is 23.0. The van der Waals surface area contributed by atoms with E-state index in [0.717, 1.165) is 72.0 Å². The van der Waals surface area contributed by atoms with Gasteiger partial charge in [-0.15, -0.1) is 23.7 Å². The molecule has 6 nitrogen and oxygen atoms in total. The number of likely N-dealkylation sites (N-methyl/N-ethyl adjacent to an activating group) is 1. The van der Waals surface area contributed by atoms with Gasteiger partial charge in [-0.05, 0) is 32.0 Å². The van der Waals surface area contributed by atoms with Gasteiger partial charge in [0.15, 0.2) is 5.84 Å². The molecular formula is C22H32ClN5OS. The van der Waals surface area contributed by atoms with E-state index in [2.05, 4.69) is 54.2 Å². The molecule has 2 aliphatic heterocycles. The van der Waals surface area contributed by atoms with E-state index >= 15 is 0 Å². The highest BCUT2D eigenvalue weighted by Crippen LogP contribution is 2.39. The number of piperazine rings is 1. The van der Waals surface area contributed by atoms with Crippen molar-refractivity contribution in [1.29, 1.82) is 0 Å². The normalized spacial score (nSPS) is 18.8. The topological polar surface area (TPSA) is 53.0 Å². The smallest absolute Gasteiger partial charge is 0.158 e. The van der Waals surface area contributed by atoms with Gasteiger partial charge in [-0.1, -0.05) is 26.0 Å². The Morgan fingerprint density at radius 1 is 1.27 bits per heavy atom. The Kier molecular flexibility index (Phi) is 7.74. The maximum absolute atomic E-state index is 5.27. The van der Waals surface area contributed by atoms with E-state index in [-0.39, 0.29) is 12.4 Å². The first-order chi connectivity index (χ1) is 14.1. The van der Waals surface area contributed by atoms with Crippen LogP contribution in [0.25, 0.3) is 0 Å². The number of para-hydroxylation sites is 2. The van der Waals surface area contributed by atoms with E-state index in [0.29, 0.717) is 12.0 Å². The molecule has 0 amide bonds.